The zero-order valence-electron chi connectivity index (χ0n) is 12.6. The molecule has 1 saturated heterocycles. The topological polar surface area (TPSA) is 23.5 Å². The molecule has 1 aromatic carbocycles. The minimum Gasteiger partial charge on any atom is -0.389 e. The van der Waals surface area contributed by atoms with E-state index >= 15 is 0 Å². The number of hydrogen-bond acceptors (Lipinski definition) is 2. The first-order valence-electron chi connectivity index (χ1n) is 8.18. The summed E-state index contributed by atoms with van der Waals surface area (Å²) >= 11 is 0. The lowest BCUT2D eigenvalue weighted by Gasteiger charge is -2.46. The van der Waals surface area contributed by atoms with Gasteiger partial charge in [0.25, 0.3) is 0 Å². The van der Waals surface area contributed by atoms with Gasteiger partial charge in [0.1, 0.15) is 0 Å². The molecule has 2 nitrogen and oxygen atoms in total. The molecule has 2 aliphatic rings. The van der Waals surface area contributed by atoms with Crippen molar-refractivity contribution in [3.05, 3.63) is 35.9 Å². The number of likely N-dealkylation sites (tertiary alicyclic amines) is 1. The summed E-state index contributed by atoms with van der Waals surface area (Å²) in [5.41, 5.74) is 1.01. The Balaban J connectivity index is 1.61. The first-order chi connectivity index (χ1) is 9.67. The maximum atomic E-state index is 10.6. The number of piperidine rings is 1. The number of aliphatic hydroxyl groups is 1. The van der Waals surface area contributed by atoms with Gasteiger partial charge in [0, 0.05) is 6.04 Å². The lowest BCUT2D eigenvalue weighted by Crippen LogP contribution is -2.54. The Hall–Kier alpha value is -0.860. The van der Waals surface area contributed by atoms with Crippen LogP contribution in [-0.2, 0) is 0 Å². The van der Waals surface area contributed by atoms with Crippen LogP contribution >= 0.6 is 0 Å². The van der Waals surface area contributed by atoms with E-state index < -0.39 is 5.60 Å². The Bertz CT molecular complexity index is 420. The molecule has 1 aromatic rings. The van der Waals surface area contributed by atoms with Crippen LogP contribution in [0.5, 0.6) is 0 Å². The van der Waals surface area contributed by atoms with E-state index in [4.69, 9.17) is 0 Å². The molecule has 2 heteroatoms. The van der Waals surface area contributed by atoms with Crippen molar-refractivity contribution in [1.29, 1.82) is 0 Å². The summed E-state index contributed by atoms with van der Waals surface area (Å²) in [5.74, 6) is 0.709. The zero-order chi connectivity index (χ0) is 14.0. The third-order valence-corrected chi connectivity index (χ3v) is 5.37. The molecule has 1 aliphatic carbocycles. The van der Waals surface area contributed by atoms with Crippen LogP contribution < -0.4 is 0 Å². The molecule has 110 valence electrons. The summed E-state index contributed by atoms with van der Waals surface area (Å²) in [5, 5.41) is 10.6. The highest BCUT2D eigenvalue weighted by molar-refractivity contribution is 5.20. The van der Waals surface area contributed by atoms with Gasteiger partial charge < -0.3 is 5.11 Å². The summed E-state index contributed by atoms with van der Waals surface area (Å²) in [6, 6.07) is 11.3. The van der Waals surface area contributed by atoms with Crippen molar-refractivity contribution >= 4 is 0 Å². The molecule has 2 fully saturated rings. The number of benzene rings is 1. The summed E-state index contributed by atoms with van der Waals surface area (Å²) in [6.45, 7) is 4.32. The maximum Gasteiger partial charge on any atom is 0.0774 e. The molecular weight excluding hydrogens is 246 g/mol. The van der Waals surface area contributed by atoms with E-state index in [1.807, 2.05) is 6.92 Å². The molecule has 1 saturated carbocycles. The van der Waals surface area contributed by atoms with Crippen LogP contribution in [0.25, 0.3) is 0 Å². The van der Waals surface area contributed by atoms with Crippen molar-refractivity contribution in [3.8, 4) is 0 Å². The number of rotatable bonds is 2. The van der Waals surface area contributed by atoms with E-state index in [1.54, 1.807) is 0 Å². The van der Waals surface area contributed by atoms with Gasteiger partial charge in [0.15, 0.2) is 0 Å². The Kier molecular flexibility index (Phi) is 4.13. The molecule has 1 N–H and O–H groups in total. The normalized spacial score (nSPS) is 33.2. The quantitative estimate of drug-likeness (QED) is 0.890. The van der Waals surface area contributed by atoms with E-state index in [2.05, 4.69) is 35.2 Å². The highest BCUT2D eigenvalue weighted by Gasteiger charge is 2.39. The lowest BCUT2D eigenvalue weighted by atomic mass is 9.79. The zero-order valence-corrected chi connectivity index (χ0v) is 12.6. The Morgan fingerprint density at radius 2 is 1.75 bits per heavy atom. The fourth-order valence-electron chi connectivity index (χ4n) is 4.14. The summed E-state index contributed by atoms with van der Waals surface area (Å²) < 4.78 is 0. The molecule has 2 atom stereocenters. The molecule has 0 radical (unpaired) electrons. The monoisotopic (exact) mass is 273 g/mol. The molecule has 1 aliphatic heterocycles. The van der Waals surface area contributed by atoms with Crippen molar-refractivity contribution in [3.63, 3.8) is 0 Å². The van der Waals surface area contributed by atoms with Gasteiger partial charge in [-0.1, -0.05) is 43.2 Å². The van der Waals surface area contributed by atoms with Gasteiger partial charge in [-0.25, -0.2) is 0 Å². The smallest absolute Gasteiger partial charge is 0.0774 e. The molecule has 20 heavy (non-hydrogen) atoms. The summed E-state index contributed by atoms with van der Waals surface area (Å²) in [4.78, 5) is 2.55. The van der Waals surface area contributed by atoms with Gasteiger partial charge in [-0.15, -0.1) is 0 Å². The Morgan fingerprint density at radius 1 is 1.05 bits per heavy atom. The molecule has 3 rings (SSSR count). The van der Waals surface area contributed by atoms with E-state index in [1.165, 1.54) is 37.7 Å². The van der Waals surface area contributed by atoms with E-state index in [9.17, 15) is 5.11 Å². The second-order valence-corrected chi connectivity index (χ2v) is 6.84. The molecule has 0 amide bonds. The van der Waals surface area contributed by atoms with Crippen molar-refractivity contribution < 1.29 is 5.11 Å². The third kappa shape index (κ3) is 2.91. The molecule has 0 spiro atoms. The minimum absolute atomic E-state index is 0.382. The predicted molar refractivity (Wildman–Crippen MR) is 82.9 cm³/mol. The average Bonchev–Trinajstić information content (AvgIpc) is 2.48. The molecule has 0 bridgehead atoms. The third-order valence-electron chi connectivity index (χ3n) is 5.37. The second-order valence-electron chi connectivity index (χ2n) is 6.84. The van der Waals surface area contributed by atoms with Crippen LogP contribution in [0.3, 0.4) is 0 Å². The van der Waals surface area contributed by atoms with E-state index in [0.717, 1.165) is 19.5 Å². The van der Waals surface area contributed by atoms with E-state index in [0.29, 0.717) is 12.0 Å². The van der Waals surface area contributed by atoms with E-state index in [-0.39, 0.29) is 0 Å². The maximum absolute atomic E-state index is 10.6. The standard InChI is InChI=1S/C18H27NO/c1-18(20)12-6-5-9-17(18)19-13-10-16(11-14-19)15-7-3-2-4-8-15/h2-4,7-8,16-17,20H,5-6,9-14H2,1H3/t17-,18+/m1/s1. The highest BCUT2D eigenvalue weighted by atomic mass is 16.3. The van der Waals surface area contributed by atoms with Gasteiger partial charge in [0.2, 0.25) is 0 Å². The van der Waals surface area contributed by atoms with Crippen LogP contribution in [0.2, 0.25) is 0 Å². The van der Waals surface area contributed by atoms with Crippen LogP contribution in [0, 0.1) is 0 Å². The van der Waals surface area contributed by atoms with Crippen LogP contribution in [-0.4, -0.2) is 34.7 Å². The van der Waals surface area contributed by atoms with Crippen molar-refractivity contribution in [2.24, 2.45) is 0 Å². The second kappa shape index (κ2) is 5.87. The van der Waals surface area contributed by atoms with Crippen LogP contribution in [0.1, 0.15) is 56.9 Å². The van der Waals surface area contributed by atoms with Crippen LogP contribution in [0.15, 0.2) is 30.3 Å². The first-order valence-corrected chi connectivity index (χ1v) is 8.18. The molecule has 0 aromatic heterocycles. The lowest BCUT2D eigenvalue weighted by molar-refractivity contribution is -0.0663. The fraction of sp³-hybridized carbons (Fsp3) is 0.667. The Labute approximate surface area is 122 Å². The SMILES string of the molecule is C[C@]1(O)CCCC[C@H]1N1CCC(c2ccccc2)CC1. The molecular formula is C18H27NO. The van der Waals surface area contributed by atoms with Crippen molar-refractivity contribution in [1.82, 2.24) is 4.90 Å². The fourth-order valence-corrected chi connectivity index (χ4v) is 4.14. The summed E-state index contributed by atoms with van der Waals surface area (Å²) in [7, 11) is 0. The largest absolute Gasteiger partial charge is 0.389 e. The van der Waals surface area contributed by atoms with Gasteiger partial charge in [-0.05, 0) is 57.2 Å². The number of nitrogens with zero attached hydrogens (tertiary/aromatic N) is 1. The highest BCUT2D eigenvalue weighted by Crippen LogP contribution is 2.36. The number of hydrogen-bond donors (Lipinski definition) is 1. The average molecular weight is 273 g/mol. The van der Waals surface area contributed by atoms with Gasteiger partial charge in [0.05, 0.1) is 5.60 Å². The first kappa shape index (κ1) is 14.1. The minimum atomic E-state index is -0.474. The predicted octanol–water partition coefficient (Wildman–Crippen LogP) is 3.56. The van der Waals surface area contributed by atoms with Crippen LogP contribution in [0.4, 0.5) is 0 Å². The van der Waals surface area contributed by atoms with Gasteiger partial charge in [-0.3, -0.25) is 4.90 Å². The molecule has 0 unspecified atom stereocenters. The van der Waals surface area contributed by atoms with Crippen molar-refractivity contribution in [2.75, 3.05) is 13.1 Å². The van der Waals surface area contributed by atoms with Crippen molar-refractivity contribution in [2.45, 2.75) is 63.0 Å². The Morgan fingerprint density at radius 3 is 2.40 bits per heavy atom. The summed E-state index contributed by atoms with van der Waals surface area (Å²) in [6.07, 6.45) is 7.07. The van der Waals surface area contributed by atoms with Gasteiger partial charge in [-0.2, -0.15) is 0 Å². The van der Waals surface area contributed by atoms with Gasteiger partial charge >= 0.3 is 0 Å². The molecule has 1 heterocycles.